The fourth-order valence-corrected chi connectivity index (χ4v) is 3.72. The molecule has 0 saturated heterocycles. The Morgan fingerprint density at radius 3 is 0.848 bits per heavy atom. The normalized spacial score (nSPS) is 11.0. The average Bonchev–Trinajstić information content (AvgIpc) is 2.81. The molecule has 0 radical (unpaired) electrons. The molecule has 3 aromatic carbocycles. The molecule has 0 unspecified atom stereocenters. The minimum atomic E-state index is -0.605. The largest absolute Gasteiger partial charge is 0.336 e. The van der Waals surface area contributed by atoms with Gasteiger partial charge in [-0.2, -0.15) is 0 Å². The lowest BCUT2D eigenvalue weighted by molar-refractivity contribution is 0.492. The third kappa shape index (κ3) is 4.95. The van der Waals surface area contributed by atoms with Crippen molar-refractivity contribution in [2.75, 3.05) is 0 Å². The Balaban J connectivity index is 1.85. The lowest BCUT2D eigenvalue weighted by Gasteiger charge is -2.15. The van der Waals surface area contributed by atoms with Crippen LogP contribution in [-0.2, 0) is 19.6 Å². The van der Waals surface area contributed by atoms with Crippen LogP contribution in [0.25, 0.3) is 0 Å². The Morgan fingerprint density at radius 1 is 0.424 bits per heavy atom. The number of aromatic nitrogens is 3. The molecule has 0 fully saturated rings. The van der Waals surface area contributed by atoms with Crippen molar-refractivity contribution < 1.29 is 0 Å². The van der Waals surface area contributed by atoms with Crippen molar-refractivity contribution in [2.24, 2.45) is 0 Å². The van der Waals surface area contributed by atoms with Crippen LogP contribution in [0.1, 0.15) is 33.4 Å². The van der Waals surface area contributed by atoms with Gasteiger partial charge in [0.05, 0.1) is 19.6 Å². The summed E-state index contributed by atoms with van der Waals surface area (Å²) >= 11 is 0. The zero-order valence-corrected chi connectivity index (χ0v) is 19.1. The molecule has 4 aromatic rings. The van der Waals surface area contributed by atoms with Gasteiger partial charge in [0.15, 0.2) is 0 Å². The minimum absolute atomic E-state index is 0.0972. The second-order valence-electron chi connectivity index (χ2n) is 8.56. The highest BCUT2D eigenvalue weighted by molar-refractivity contribution is 5.24. The molecule has 4 rings (SSSR count). The highest BCUT2D eigenvalue weighted by atomic mass is 16.2. The maximum Gasteiger partial charge on any atom is 0.336 e. The summed E-state index contributed by atoms with van der Waals surface area (Å²) < 4.78 is 3.44. The van der Waals surface area contributed by atoms with E-state index in [1.54, 1.807) is 0 Å². The Hall–Kier alpha value is -3.93. The summed E-state index contributed by atoms with van der Waals surface area (Å²) in [6.07, 6.45) is 0. The number of rotatable bonds is 6. The van der Waals surface area contributed by atoms with Gasteiger partial charge in [-0.25, -0.2) is 28.1 Å². The molecule has 0 aliphatic rings. The van der Waals surface area contributed by atoms with Crippen LogP contribution in [0.4, 0.5) is 0 Å². The van der Waals surface area contributed by atoms with E-state index >= 15 is 0 Å². The monoisotopic (exact) mass is 441 g/mol. The zero-order chi connectivity index (χ0) is 23.5. The minimum Gasteiger partial charge on any atom is -0.247 e. The molecule has 0 bridgehead atoms. The molecule has 6 heteroatoms. The van der Waals surface area contributed by atoms with Crippen LogP contribution in [0.2, 0.25) is 0 Å². The Morgan fingerprint density at radius 2 is 0.636 bits per heavy atom. The maximum absolute atomic E-state index is 13.3. The first kappa shape index (κ1) is 22.3. The number of hydrogen-bond donors (Lipinski definition) is 0. The third-order valence-electron chi connectivity index (χ3n) is 5.77. The van der Waals surface area contributed by atoms with E-state index in [1.807, 2.05) is 93.6 Å². The topological polar surface area (TPSA) is 66.0 Å². The van der Waals surface area contributed by atoms with Crippen molar-refractivity contribution in [3.05, 3.63) is 138 Å². The molecule has 1 aromatic heterocycles. The van der Waals surface area contributed by atoms with Crippen LogP contribution < -0.4 is 17.1 Å². The standard InChI is InChI=1S/C27H27N3O3/c1-19-4-10-22(11-5-19)16-28-25(31)29(17-23-12-6-20(2)7-13-23)27(33)30(26(28)32)18-24-14-8-21(3)9-15-24/h4-15H,16-18H2,1-3H3. The summed E-state index contributed by atoms with van der Waals surface area (Å²) in [5, 5.41) is 0. The van der Waals surface area contributed by atoms with Gasteiger partial charge in [0, 0.05) is 0 Å². The van der Waals surface area contributed by atoms with Crippen molar-refractivity contribution in [1.29, 1.82) is 0 Å². The van der Waals surface area contributed by atoms with E-state index in [1.165, 1.54) is 0 Å². The summed E-state index contributed by atoms with van der Waals surface area (Å²) in [6, 6.07) is 23.0. The van der Waals surface area contributed by atoms with Gasteiger partial charge in [-0.05, 0) is 37.5 Å². The van der Waals surface area contributed by atoms with Crippen molar-refractivity contribution in [2.45, 2.75) is 40.4 Å². The third-order valence-corrected chi connectivity index (χ3v) is 5.77. The van der Waals surface area contributed by atoms with E-state index in [0.717, 1.165) is 47.1 Å². The van der Waals surface area contributed by atoms with Gasteiger partial charge >= 0.3 is 17.1 Å². The van der Waals surface area contributed by atoms with Gasteiger partial charge in [-0.3, -0.25) is 0 Å². The molecule has 6 nitrogen and oxygen atoms in total. The first-order valence-corrected chi connectivity index (χ1v) is 10.9. The average molecular weight is 442 g/mol. The molecule has 0 N–H and O–H groups in total. The van der Waals surface area contributed by atoms with E-state index in [-0.39, 0.29) is 19.6 Å². The SMILES string of the molecule is Cc1ccc(Cn2c(=O)n(Cc3ccc(C)cc3)c(=O)n(Cc3ccc(C)cc3)c2=O)cc1. The van der Waals surface area contributed by atoms with Crippen LogP contribution in [0, 0.1) is 20.8 Å². The molecule has 33 heavy (non-hydrogen) atoms. The first-order chi connectivity index (χ1) is 15.8. The van der Waals surface area contributed by atoms with Gasteiger partial charge in [0.25, 0.3) is 0 Å². The van der Waals surface area contributed by atoms with Crippen LogP contribution in [0.3, 0.4) is 0 Å². The molecule has 168 valence electrons. The van der Waals surface area contributed by atoms with Crippen molar-refractivity contribution in [3.63, 3.8) is 0 Å². The number of benzene rings is 3. The van der Waals surface area contributed by atoms with E-state index in [4.69, 9.17) is 0 Å². The van der Waals surface area contributed by atoms with E-state index in [9.17, 15) is 14.4 Å². The lowest BCUT2D eigenvalue weighted by Crippen LogP contribution is -2.54. The number of aryl methyl sites for hydroxylation is 3. The van der Waals surface area contributed by atoms with Crippen molar-refractivity contribution in [1.82, 2.24) is 13.7 Å². The summed E-state index contributed by atoms with van der Waals surface area (Å²) in [5.74, 6) is 0. The summed E-state index contributed by atoms with van der Waals surface area (Å²) in [5.41, 5.74) is 3.92. The van der Waals surface area contributed by atoms with Gasteiger partial charge < -0.3 is 0 Å². The smallest absolute Gasteiger partial charge is 0.247 e. The molecular weight excluding hydrogens is 414 g/mol. The fourth-order valence-electron chi connectivity index (χ4n) is 3.72. The van der Waals surface area contributed by atoms with E-state index < -0.39 is 17.1 Å². The summed E-state index contributed by atoms with van der Waals surface area (Å²) in [4.78, 5) is 39.9. The maximum atomic E-state index is 13.3. The Labute approximate surface area is 192 Å². The predicted octanol–water partition coefficient (Wildman–Crippen LogP) is 3.24. The molecule has 0 amide bonds. The second kappa shape index (κ2) is 9.28. The fraction of sp³-hybridized carbons (Fsp3) is 0.222. The van der Waals surface area contributed by atoms with Gasteiger partial charge in [0.2, 0.25) is 0 Å². The quantitative estimate of drug-likeness (QED) is 0.461. The van der Waals surface area contributed by atoms with Gasteiger partial charge in [-0.15, -0.1) is 0 Å². The van der Waals surface area contributed by atoms with Crippen LogP contribution in [-0.4, -0.2) is 13.7 Å². The Bertz CT molecular complexity index is 1230. The van der Waals surface area contributed by atoms with E-state index in [2.05, 4.69) is 0 Å². The highest BCUT2D eigenvalue weighted by Gasteiger charge is 2.16. The zero-order valence-electron chi connectivity index (χ0n) is 19.1. The van der Waals surface area contributed by atoms with E-state index in [0.29, 0.717) is 0 Å². The first-order valence-electron chi connectivity index (χ1n) is 10.9. The predicted molar refractivity (Wildman–Crippen MR) is 130 cm³/mol. The molecule has 0 saturated carbocycles. The van der Waals surface area contributed by atoms with Crippen molar-refractivity contribution >= 4 is 0 Å². The molecule has 0 spiro atoms. The molecule has 1 heterocycles. The van der Waals surface area contributed by atoms with Crippen LogP contribution >= 0.6 is 0 Å². The van der Waals surface area contributed by atoms with Crippen LogP contribution in [0.15, 0.2) is 87.2 Å². The second-order valence-corrected chi connectivity index (χ2v) is 8.56. The van der Waals surface area contributed by atoms with Crippen LogP contribution in [0.5, 0.6) is 0 Å². The summed E-state index contributed by atoms with van der Waals surface area (Å²) in [6.45, 7) is 6.23. The molecule has 0 atom stereocenters. The molecule has 0 aliphatic carbocycles. The molecule has 0 aliphatic heterocycles. The van der Waals surface area contributed by atoms with Gasteiger partial charge in [-0.1, -0.05) is 89.5 Å². The highest BCUT2D eigenvalue weighted by Crippen LogP contribution is 2.06. The number of hydrogen-bond acceptors (Lipinski definition) is 3. The lowest BCUT2D eigenvalue weighted by atomic mass is 10.1. The summed E-state index contributed by atoms with van der Waals surface area (Å²) in [7, 11) is 0. The number of nitrogens with zero attached hydrogens (tertiary/aromatic N) is 3. The Kier molecular flexibility index (Phi) is 6.27. The van der Waals surface area contributed by atoms with Crippen molar-refractivity contribution in [3.8, 4) is 0 Å². The molecular formula is C27H27N3O3. The van der Waals surface area contributed by atoms with Gasteiger partial charge in [0.1, 0.15) is 0 Å².